The predicted octanol–water partition coefficient (Wildman–Crippen LogP) is 2.23. The molecule has 1 aromatic carbocycles. The van der Waals surface area contributed by atoms with E-state index in [0.29, 0.717) is 23.7 Å². The van der Waals surface area contributed by atoms with Crippen LogP contribution in [0.1, 0.15) is 11.1 Å². The van der Waals surface area contributed by atoms with Crippen LogP contribution in [0.15, 0.2) is 30.6 Å². The van der Waals surface area contributed by atoms with Gasteiger partial charge in [0, 0.05) is 16.8 Å². The first-order chi connectivity index (χ1) is 8.19. The number of halogens is 2. The molecular formula is C12H13ClFN3. The van der Waals surface area contributed by atoms with E-state index in [1.807, 2.05) is 6.20 Å². The van der Waals surface area contributed by atoms with E-state index in [4.69, 9.17) is 17.3 Å². The van der Waals surface area contributed by atoms with E-state index in [9.17, 15) is 4.39 Å². The number of benzene rings is 1. The smallest absolute Gasteiger partial charge is 0.129 e. The Morgan fingerprint density at radius 1 is 1.41 bits per heavy atom. The molecule has 5 heteroatoms. The van der Waals surface area contributed by atoms with Crippen molar-refractivity contribution >= 4 is 11.6 Å². The third-order valence-electron chi connectivity index (χ3n) is 2.47. The minimum Gasteiger partial charge on any atom is -0.330 e. The van der Waals surface area contributed by atoms with Crippen molar-refractivity contribution in [2.75, 3.05) is 6.54 Å². The molecule has 0 fully saturated rings. The molecule has 17 heavy (non-hydrogen) atoms. The summed E-state index contributed by atoms with van der Waals surface area (Å²) in [5.74, 6) is -0.312. The molecule has 2 N–H and O–H groups in total. The average Bonchev–Trinajstić information content (AvgIpc) is 2.71. The van der Waals surface area contributed by atoms with Gasteiger partial charge in [0.1, 0.15) is 5.82 Å². The standard InChI is InChI=1S/C12H13ClFN3/c13-11-2-1-10(12(14)5-11)8-17-7-9(3-4-15)6-16-17/h1-2,5-7H,3-4,8,15H2. The Balaban J connectivity index is 2.13. The number of nitrogens with zero attached hydrogens (tertiary/aromatic N) is 2. The van der Waals surface area contributed by atoms with E-state index < -0.39 is 0 Å². The van der Waals surface area contributed by atoms with Crippen LogP contribution in [-0.2, 0) is 13.0 Å². The Bertz CT molecular complexity index is 510. The van der Waals surface area contributed by atoms with Crippen molar-refractivity contribution in [1.82, 2.24) is 9.78 Å². The van der Waals surface area contributed by atoms with Gasteiger partial charge in [0.05, 0.1) is 12.7 Å². The van der Waals surface area contributed by atoms with Crippen LogP contribution in [0.5, 0.6) is 0 Å². The maximum absolute atomic E-state index is 13.5. The molecule has 2 aromatic rings. The van der Waals surface area contributed by atoms with Gasteiger partial charge >= 0.3 is 0 Å². The second-order valence-electron chi connectivity index (χ2n) is 3.82. The van der Waals surface area contributed by atoms with Gasteiger partial charge in [-0.3, -0.25) is 4.68 Å². The van der Waals surface area contributed by atoms with Crippen molar-refractivity contribution in [3.8, 4) is 0 Å². The molecule has 0 aliphatic heterocycles. The molecule has 1 aromatic heterocycles. The van der Waals surface area contributed by atoms with E-state index in [2.05, 4.69) is 5.10 Å². The number of nitrogens with two attached hydrogens (primary N) is 1. The zero-order chi connectivity index (χ0) is 12.3. The van der Waals surface area contributed by atoms with Crippen LogP contribution in [0, 0.1) is 5.82 Å². The van der Waals surface area contributed by atoms with Gasteiger partial charge in [-0.1, -0.05) is 17.7 Å². The zero-order valence-corrected chi connectivity index (χ0v) is 9.99. The molecule has 0 unspecified atom stereocenters. The third kappa shape index (κ3) is 3.05. The van der Waals surface area contributed by atoms with Crippen molar-refractivity contribution in [2.45, 2.75) is 13.0 Å². The fourth-order valence-electron chi connectivity index (χ4n) is 1.61. The molecule has 3 nitrogen and oxygen atoms in total. The molecule has 0 aliphatic carbocycles. The highest BCUT2D eigenvalue weighted by Crippen LogP contribution is 2.15. The molecule has 2 rings (SSSR count). The zero-order valence-electron chi connectivity index (χ0n) is 9.24. The van der Waals surface area contributed by atoms with Crippen molar-refractivity contribution in [1.29, 1.82) is 0 Å². The second kappa shape index (κ2) is 5.29. The Labute approximate surface area is 104 Å². The minimum absolute atomic E-state index is 0.312. The summed E-state index contributed by atoms with van der Waals surface area (Å²) in [6.45, 7) is 0.981. The normalized spacial score (nSPS) is 10.8. The molecule has 0 saturated heterocycles. The Morgan fingerprint density at radius 3 is 2.94 bits per heavy atom. The quantitative estimate of drug-likeness (QED) is 0.908. The summed E-state index contributed by atoms with van der Waals surface area (Å²) in [5.41, 5.74) is 7.08. The van der Waals surface area contributed by atoms with Crippen LogP contribution < -0.4 is 5.73 Å². The van der Waals surface area contributed by atoms with Gasteiger partial charge < -0.3 is 5.73 Å². The molecule has 0 bridgehead atoms. The van der Waals surface area contributed by atoms with Crippen molar-refractivity contribution in [3.63, 3.8) is 0 Å². The summed E-state index contributed by atoms with van der Waals surface area (Å²) in [5, 5.41) is 4.55. The van der Waals surface area contributed by atoms with Gasteiger partial charge in [0.25, 0.3) is 0 Å². The maximum atomic E-state index is 13.5. The highest BCUT2D eigenvalue weighted by atomic mass is 35.5. The van der Waals surface area contributed by atoms with E-state index in [0.717, 1.165) is 12.0 Å². The van der Waals surface area contributed by atoms with Crippen LogP contribution in [0.25, 0.3) is 0 Å². The molecule has 0 radical (unpaired) electrons. The first-order valence-corrected chi connectivity index (χ1v) is 5.72. The lowest BCUT2D eigenvalue weighted by atomic mass is 10.2. The van der Waals surface area contributed by atoms with Crippen molar-refractivity contribution < 1.29 is 4.39 Å². The number of rotatable bonds is 4. The van der Waals surface area contributed by atoms with Gasteiger partial charge in [0.2, 0.25) is 0 Å². The van der Waals surface area contributed by atoms with E-state index in [1.54, 1.807) is 23.0 Å². The summed E-state index contributed by atoms with van der Waals surface area (Å²) in [7, 11) is 0. The van der Waals surface area contributed by atoms with Gasteiger partial charge in [-0.25, -0.2) is 4.39 Å². The lowest BCUT2D eigenvalue weighted by Crippen LogP contribution is -2.03. The fraction of sp³-hybridized carbons (Fsp3) is 0.250. The number of hydrogen-bond donors (Lipinski definition) is 1. The monoisotopic (exact) mass is 253 g/mol. The summed E-state index contributed by atoms with van der Waals surface area (Å²) in [6, 6.07) is 4.65. The second-order valence-corrected chi connectivity index (χ2v) is 4.26. The van der Waals surface area contributed by atoms with Gasteiger partial charge in [-0.05, 0) is 30.7 Å². The average molecular weight is 254 g/mol. The van der Waals surface area contributed by atoms with Crippen LogP contribution in [0.3, 0.4) is 0 Å². The van der Waals surface area contributed by atoms with Gasteiger partial charge in [-0.15, -0.1) is 0 Å². The SMILES string of the molecule is NCCc1cnn(Cc2ccc(Cl)cc2F)c1. The van der Waals surface area contributed by atoms with E-state index in [-0.39, 0.29) is 5.82 Å². The molecule has 1 heterocycles. The lowest BCUT2D eigenvalue weighted by Gasteiger charge is -2.03. The highest BCUT2D eigenvalue weighted by molar-refractivity contribution is 6.30. The van der Waals surface area contributed by atoms with Crippen molar-refractivity contribution in [3.05, 3.63) is 52.6 Å². The molecule has 0 atom stereocenters. The molecule has 0 aliphatic rings. The van der Waals surface area contributed by atoms with Gasteiger partial charge in [0.15, 0.2) is 0 Å². The Morgan fingerprint density at radius 2 is 2.24 bits per heavy atom. The predicted molar refractivity (Wildman–Crippen MR) is 65.5 cm³/mol. The summed E-state index contributed by atoms with van der Waals surface area (Å²) >= 11 is 5.69. The topological polar surface area (TPSA) is 43.8 Å². The minimum atomic E-state index is -0.312. The lowest BCUT2D eigenvalue weighted by molar-refractivity contribution is 0.585. The van der Waals surface area contributed by atoms with Crippen LogP contribution in [0.4, 0.5) is 4.39 Å². The first-order valence-electron chi connectivity index (χ1n) is 5.34. The summed E-state index contributed by atoms with van der Waals surface area (Å²) in [6.07, 6.45) is 4.41. The van der Waals surface area contributed by atoms with Crippen LogP contribution >= 0.6 is 11.6 Å². The number of hydrogen-bond acceptors (Lipinski definition) is 2. The first kappa shape index (κ1) is 12.1. The fourth-order valence-corrected chi connectivity index (χ4v) is 1.77. The number of aromatic nitrogens is 2. The molecule has 0 saturated carbocycles. The highest BCUT2D eigenvalue weighted by Gasteiger charge is 2.05. The van der Waals surface area contributed by atoms with Gasteiger partial charge in [-0.2, -0.15) is 5.10 Å². The maximum Gasteiger partial charge on any atom is 0.129 e. The van der Waals surface area contributed by atoms with E-state index in [1.165, 1.54) is 6.07 Å². The largest absolute Gasteiger partial charge is 0.330 e. The molecular weight excluding hydrogens is 241 g/mol. The Hall–Kier alpha value is -1.39. The molecule has 0 amide bonds. The molecule has 90 valence electrons. The summed E-state index contributed by atoms with van der Waals surface area (Å²) < 4.78 is 15.2. The van der Waals surface area contributed by atoms with Crippen LogP contribution in [-0.4, -0.2) is 16.3 Å². The summed E-state index contributed by atoms with van der Waals surface area (Å²) in [4.78, 5) is 0. The third-order valence-corrected chi connectivity index (χ3v) is 2.70. The molecule has 0 spiro atoms. The van der Waals surface area contributed by atoms with Crippen molar-refractivity contribution in [2.24, 2.45) is 5.73 Å². The Kier molecular flexibility index (Phi) is 3.76. The van der Waals surface area contributed by atoms with Crippen LogP contribution in [0.2, 0.25) is 5.02 Å². The van der Waals surface area contributed by atoms with E-state index >= 15 is 0 Å².